The third kappa shape index (κ3) is 4.91. The van der Waals surface area contributed by atoms with Crippen molar-refractivity contribution >= 4 is 12.0 Å². The number of alkyl carbamates (subject to hydrolysis) is 1. The Morgan fingerprint density at radius 3 is 2.61 bits per heavy atom. The van der Waals surface area contributed by atoms with E-state index in [1.54, 1.807) is 4.90 Å². The van der Waals surface area contributed by atoms with E-state index in [1.165, 1.54) is 0 Å². The van der Waals surface area contributed by atoms with E-state index in [1.807, 2.05) is 6.92 Å². The second-order valence-electron chi connectivity index (χ2n) is 4.49. The number of amides is 2. The van der Waals surface area contributed by atoms with E-state index in [2.05, 4.69) is 5.32 Å². The van der Waals surface area contributed by atoms with Crippen LogP contribution in [0.15, 0.2) is 0 Å². The fourth-order valence-electron chi connectivity index (χ4n) is 1.92. The van der Waals surface area contributed by atoms with Crippen LogP contribution >= 0.6 is 0 Å². The van der Waals surface area contributed by atoms with Gasteiger partial charge >= 0.3 is 6.09 Å². The van der Waals surface area contributed by atoms with Crippen LogP contribution in [-0.2, 0) is 9.53 Å². The summed E-state index contributed by atoms with van der Waals surface area (Å²) in [5.41, 5.74) is 5.31. The number of carbonyl (C=O) groups excluding carboxylic acids is 2. The van der Waals surface area contributed by atoms with Gasteiger partial charge in [0.25, 0.3) is 0 Å². The third-order valence-electron chi connectivity index (χ3n) is 3.08. The highest BCUT2D eigenvalue weighted by molar-refractivity contribution is 5.78. The van der Waals surface area contributed by atoms with Gasteiger partial charge in [-0.3, -0.25) is 4.79 Å². The molecule has 0 aromatic rings. The van der Waals surface area contributed by atoms with Crippen molar-refractivity contribution in [3.63, 3.8) is 0 Å². The zero-order chi connectivity index (χ0) is 13.4. The van der Waals surface area contributed by atoms with E-state index in [0.29, 0.717) is 19.7 Å². The highest BCUT2D eigenvalue weighted by Gasteiger charge is 2.23. The molecule has 0 aromatic heterocycles. The Kier molecular flexibility index (Phi) is 6.49. The maximum absolute atomic E-state index is 11.4. The van der Waals surface area contributed by atoms with Gasteiger partial charge in [0.05, 0.1) is 13.2 Å². The summed E-state index contributed by atoms with van der Waals surface area (Å²) in [5.74, 6) is -0.0287. The molecule has 6 heteroatoms. The average molecular weight is 257 g/mol. The summed E-state index contributed by atoms with van der Waals surface area (Å²) >= 11 is 0. The average Bonchev–Trinajstić information content (AvgIpc) is 2.39. The molecule has 1 saturated heterocycles. The van der Waals surface area contributed by atoms with Crippen molar-refractivity contribution in [2.45, 2.75) is 38.6 Å². The largest absolute Gasteiger partial charge is 0.450 e. The minimum Gasteiger partial charge on any atom is -0.450 e. The van der Waals surface area contributed by atoms with Gasteiger partial charge in [0, 0.05) is 19.1 Å². The van der Waals surface area contributed by atoms with Crippen molar-refractivity contribution in [2.24, 2.45) is 5.73 Å². The summed E-state index contributed by atoms with van der Waals surface area (Å²) in [5, 5.41) is 2.82. The number of rotatable bonds is 5. The third-order valence-corrected chi connectivity index (χ3v) is 3.08. The molecule has 0 aliphatic carbocycles. The molecule has 2 amide bonds. The molecule has 104 valence electrons. The molecule has 3 N–H and O–H groups in total. The Morgan fingerprint density at radius 2 is 2.06 bits per heavy atom. The van der Waals surface area contributed by atoms with Crippen molar-refractivity contribution in [3.05, 3.63) is 0 Å². The molecule has 0 atom stereocenters. The van der Waals surface area contributed by atoms with E-state index in [9.17, 15) is 9.59 Å². The number of ether oxygens (including phenoxy) is 1. The van der Waals surface area contributed by atoms with Gasteiger partial charge in [-0.05, 0) is 19.3 Å². The van der Waals surface area contributed by atoms with Crippen molar-refractivity contribution in [3.8, 4) is 0 Å². The number of carbonyl (C=O) groups is 2. The van der Waals surface area contributed by atoms with E-state index in [-0.39, 0.29) is 24.6 Å². The molecule has 0 spiro atoms. The van der Waals surface area contributed by atoms with Gasteiger partial charge in [-0.25, -0.2) is 4.79 Å². The zero-order valence-electron chi connectivity index (χ0n) is 11.0. The lowest BCUT2D eigenvalue weighted by Crippen LogP contribution is -2.48. The van der Waals surface area contributed by atoms with Gasteiger partial charge in [0.2, 0.25) is 5.91 Å². The van der Waals surface area contributed by atoms with Gasteiger partial charge in [-0.15, -0.1) is 0 Å². The maximum Gasteiger partial charge on any atom is 0.407 e. The minimum absolute atomic E-state index is 0.0287. The molecule has 0 radical (unpaired) electrons. The van der Waals surface area contributed by atoms with Crippen LogP contribution in [0.5, 0.6) is 0 Å². The summed E-state index contributed by atoms with van der Waals surface area (Å²) < 4.78 is 5.03. The van der Waals surface area contributed by atoms with Crippen molar-refractivity contribution in [2.75, 3.05) is 26.2 Å². The van der Waals surface area contributed by atoms with Crippen LogP contribution < -0.4 is 11.1 Å². The van der Waals surface area contributed by atoms with Gasteiger partial charge in [0.1, 0.15) is 0 Å². The quantitative estimate of drug-likeness (QED) is 0.701. The number of unbranched alkanes of at least 4 members (excludes halogenated alkanes) is 1. The van der Waals surface area contributed by atoms with E-state index in [4.69, 9.17) is 10.5 Å². The molecule has 18 heavy (non-hydrogen) atoms. The van der Waals surface area contributed by atoms with Crippen LogP contribution in [0.2, 0.25) is 0 Å². The van der Waals surface area contributed by atoms with Crippen LogP contribution in [0.3, 0.4) is 0 Å². The Hall–Kier alpha value is -1.30. The monoisotopic (exact) mass is 257 g/mol. The topological polar surface area (TPSA) is 84.7 Å². The lowest BCUT2D eigenvalue weighted by atomic mass is 10.1. The zero-order valence-corrected chi connectivity index (χ0v) is 11.0. The Balaban J connectivity index is 2.18. The minimum atomic E-state index is -0.355. The summed E-state index contributed by atoms with van der Waals surface area (Å²) in [4.78, 5) is 24.5. The first-order valence-corrected chi connectivity index (χ1v) is 6.58. The standard InChI is InChI=1S/C12H23N3O3/c1-2-3-8-18-12(17)14-10-4-6-15(7-5-10)11(16)9-13/h10H,2-9,13H2,1H3,(H,14,17). The summed E-state index contributed by atoms with van der Waals surface area (Å²) in [7, 11) is 0. The summed E-state index contributed by atoms with van der Waals surface area (Å²) in [6.45, 7) is 3.86. The summed E-state index contributed by atoms with van der Waals surface area (Å²) in [6.07, 6.45) is 3.06. The Morgan fingerprint density at radius 1 is 1.39 bits per heavy atom. The van der Waals surface area contributed by atoms with Crippen LogP contribution in [-0.4, -0.2) is 49.2 Å². The fraction of sp³-hybridized carbons (Fsp3) is 0.833. The lowest BCUT2D eigenvalue weighted by molar-refractivity contribution is -0.130. The molecular weight excluding hydrogens is 234 g/mol. The SMILES string of the molecule is CCCCOC(=O)NC1CCN(C(=O)CN)CC1. The van der Waals surface area contributed by atoms with Gasteiger partial charge in [-0.1, -0.05) is 13.3 Å². The van der Waals surface area contributed by atoms with Crippen LogP contribution in [0.25, 0.3) is 0 Å². The molecule has 0 bridgehead atoms. The lowest BCUT2D eigenvalue weighted by Gasteiger charge is -2.31. The highest BCUT2D eigenvalue weighted by atomic mass is 16.5. The number of nitrogens with two attached hydrogens (primary N) is 1. The Labute approximate surface area is 108 Å². The number of hydrogen-bond acceptors (Lipinski definition) is 4. The first kappa shape index (κ1) is 14.8. The Bertz CT molecular complexity index is 276. The molecule has 0 unspecified atom stereocenters. The number of hydrogen-bond donors (Lipinski definition) is 2. The second kappa shape index (κ2) is 7.92. The number of piperidine rings is 1. The van der Waals surface area contributed by atoms with E-state index < -0.39 is 0 Å². The number of likely N-dealkylation sites (tertiary alicyclic amines) is 1. The van der Waals surface area contributed by atoms with Gasteiger partial charge < -0.3 is 20.7 Å². The maximum atomic E-state index is 11.4. The van der Waals surface area contributed by atoms with E-state index >= 15 is 0 Å². The molecule has 1 aliphatic rings. The van der Waals surface area contributed by atoms with Crippen molar-refractivity contribution < 1.29 is 14.3 Å². The molecule has 1 rings (SSSR count). The molecule has 0 aromatic carbocycles. The first-order valence-electron chi connectivity index (χ1n) is 6.58. The second-order valence-corrected chi connectivity index (χ2v) is 4.49. The van der Waals surface area contributed by atoms with Crippen LogP contribution in [0.1, 0.15) is 32.6 Å². The molecule has 1 heterocycles. The molecule has 6 nitrogen and oxygen atoms in total. The predicted octanol–water partition coefficient (Wildman–Crippen LogP) is 0.462. The van der Waals surface area contributed by atoms with Crippen LogP contribution in [0.4, 0.5) is 4.79 Å². The fourth-order valence-corrected chi connectivity index (χ4v) is 1.92. The summed E-state index contributed by atoms with van der Waals surface area (Å²) in [6, 6.07) is 0.0981. The number of nitrogens with one attached hydrogen (secondary N) is 1. The molecule has 1 fully saturated rings. The smallest absolute Gasteiger partial charge is 0.407 e. The van der Waals surface area contributed by atoms with Gasteiger partial charge in [0.15, 0.2) is 0 Å². The number of nitrogens with zero attached hydrogens (tertiary/aromatic N) is 1. The molecule has 0 saturated carbocycles. The van der Waals surface area contributed by atoms with Gasteiger partial charge in [-0.2, -0.15) is 0 Å². The van der Waals surface area contributed by atoms with Crippen molar-refractivity contribution in [1.29, 1.82) is 0 Å². The van der Waals surface area contributed by atoms with Crippen LogP contribution in [0, 0.1) is 0 Å². The predicted molar refractivity (Wildman–Crippen MR) is 68.0 cm³/mol. The molecular formula is C12H23N3O3. The normalized spacial score (nSPS) is 16.4. The van der Waals surface area contributed by atoms with E-state index in [0.717, 1.165) is 25.7 Å². The first-order chi connectivity index (χ1) is 8.67. The van der Waals surface area contributed by atoms with Crippen molar-refractivity contribution in [1.82, 2.24) is 10.2 Å². The highest BCUT2D eigenvalue weighted by Crippen LogP contribution is 2.10. The molecule has 1 aliphatic heterocycles.